The monoisotopic (exact) mass is 926 g/mol. The van der Waals surface area contributed by atoms with Crippen LogP contribution in [0, 0.1) is 6.92 Å². The Morgan fingerprint density at radius 3 is 0.775 bits per heavy atom. The maximum absolute atomic E-state index is 9.75. The molecule has 71 heavy (non-hydrogen) atoms. The van der Waals surface area contributed by atoms with E-state index in [-0.39, 0.29) is 13.2 Å². The summed E-state index contributed by atoms with van der Waals surface area (Å²) in [4.78, 5) is 9.01. The summed E-state index contributed by atoms with van der Waals surface area (Å²) in [7, 11) is 1.67. The Hall–Kier alpha value is -8.88. The second-order valence-electron chi connectivity index (χ2n) is 17.3. The lowest BCUT2D eigenvalue weighted by atomic mass is 10.0. The Bertz CT molecular complexity index is 3210. The molecule has 0 aliphatic carbocycles. The van der Waals surface area contributed by atoms with Crippen molar-refractivity contribution in [3.05, 3.63) is 271 Å². The molecule has 0 bridgehead atoms. The fourth-order valence-electron chi connectivity index (χ4n) is 8.98. The van der Waals surface area contributed by atoms with E-state index in [0.717, 1.165) is 96.3 Å². The summed E-state index contributed by atoms with van der Waals surface area (Å²) in [6.45, 7) is 2.10. The summed E-state index contributed by atoms with van der Waals surface area (Å²) in [6, 6.07) is 88.5. The number of hydrogen-bond donors (Lipinski definition) is 2. The molecule has 7 nitrogen and oxygen atoms in total. The van der Waals surface area contributed by atoms with Gasteiger partial charge in [0.05, 0.1) is 20.3 Å². The first-order valence-corrected chi connectivity index (χ1v) is 23.8. The number of nitrogens with zero attached hydrogens (tertiary/aromatic N) is 4. The fourth-order valence-corrected chi connectivity index (χ4v) is 8.98. The van der Waals surface area contributed by atoms with Crippen LogP contribution in [0.5, 0.6) is 5.75 Å². The van der Waals surface area contributed by atoms with E-state index in [0.29, 0.717) is 0 Å². The minimum absolute atomic E-state index is 0.00436. The van der Waals surface area contributed by atoms with Gasteiger partial charge in [-0.2, -0.15) is 0 Å². The molecule has 0 aromatic heterocycles. The topological polar surface area (TPSA) is 62.7 Å². The Morgan fingerprint density at radius 2 is 0.507 bits per heavy atom. The predicted molar refractivity (Wildman–Crippen MR) is 294 cm³/mol. The SMILES string of the molecule is COc1ccc(N(c2ccc(CO)cc2)c2ccc(N(c3ccccc3)c3ccc(-c4ccc(N(c5ccccc5)c5ccc(N(c6ccc(C)cc6)c6ccc(CO)cc6)cc5)cc4)cc3)cc2)cc1. The lowest BCUT2D eigenvalue weighted by Crippen LogP contribution is -2.12. The molecule has 0 fully saturated rings. The minimum Gasteiger partial charge on any atom is -0.497 e. The maximum atomic E-state index is 9.75. The average molecular weight is 927 g/mol. The lowest BCUT2D eigenvalue weighted by Gasteiger charge is -2.29. The number of aryl methyl sites for hydroxylation is 1. The zero-order valence-corrected chi connectivity index (χ0v) is 39.8. The molecule has 10 aromatic carbocycles. The number of aliphatic hydroxyl groups is 2. The van der Waals surface area contributed by atoms with E-state index in [4.69, 9.17) is 4.74 Å². The average Bonchev–Trinajstić information content (AvgIpc) is 3.44. The van der Waals surface area contributed by atoms with Gasteiger partial charge in [-0.05, 0) is 187 Å². The second kappa shape index (κ2) is 21.2. The molecule has 0 unspecified atom stereocenters. The molecule has 0 aliphatic heterocycles. The molecule has 0 amide bonds. The number of benzene rings is 10. The summed E-state index contributed by atoms with van der Waals surface area (Å²) in [6.07, 6.45) is 0. The van der Waals surface area contributed by atoms with E-state index >= 15 is 0 Å². The normalized spacial score (nSPS) is 10.9. The summed E-state index contributed by atoms with van der Waals surface area (Å²) in [5.41, 5.74) is 17.5. The highest BCUT2D eigenvalue weighted by Crippen LogP contribution is 2.42. The van der Waals surface area contributed by atoms with E-state index in [1.165, 1.54) is 5.56 Å². The maximum Gasteiger partial charge on any atom is 0.119 e. The molecule has 10 aromatic rings. The number of rotatable bonds is 16. The quantitative estimate of drug-likeness (QED) is 0.100. The van der Waals surface area contributed by atoms with Gasteiger partial charge in [0.25, 0.3) is 0 Å². The van der Waals surface area contributed by atoms with E-state index in [9.17, 15) is 10.2 Å². The largest absolute Gasteiger partial charge is 0.497 e. The van der Waals surface area contributed by atoms with Crippen molar-refractivity contribution in [1.82, 2.24) is 0 Å². The number of anilines is 12. The molecule has 0 saturated heterocycles. The molecule has 7 heteroatoms. The second-order valence-corrected chi connectivity index (χ2v) is 17.3. The molecule has 2 N–H and O–H groups in total. The summed E-state index contributed by atoms with van der Waals surface area (Å²) < 4.78 is 5.47. The number of methoxy groups -OCH3 is 1. The van der Waals surface area contributed by atoms with Crippen LogP contribution in [0.2, 0.25) is 0 Å². The molecule has 348 valence electrons. The Labute approximate surface area is 416 Å². The molecule has 10 rings (SSSR count). The molecular formula is C64H54N4O3. The van der Waals surface area contributed by atoms with Crippen molar-refractivity contribution in [3.8, 4) is 16.9 Å². The molecule has 0 heterocycles. The Balaban J connectivity index is 0.929. The molecule has 0 aliphatic rings. The number of ether oxygens (including phenoxy) is 1. The number of hydrogen-bond acceptors (Lipinski definition) is 7. The fraction of sp³-hybridized carbons (Fsp3) is 0.0625. The van der Waals surface area contributed by atoms with Crippen molar-refractivity contribution in [1.29, 1.82) is 0 Å². The van der Waals surface area contributed by atoms with Crippen LogP contribution in [0.15, 0.2) is 255 Å². The first-order chi connectivity index (χ1) is 35.0. The van der Waals surface area contributed by atoms with Crippen molar-refractivity contribution in [3.63, 3.8) is 0 Å². The first-order valence-electron chi connectivity index (χ1n) is 23.8. The third-order valence-electron chi connectivity index (χ3n) is 12.7. The van der Waals surface area contributed by atoms with Crippen LogP contribution < -0.4 is 24.3 Å². The highest BCUT2D eigenvalue weighted by atomic mass is 16.5. The third kappa shape index (κ3) is 10.1. The van der Waals surface area contributed by atoms with Crippen molar-refractivity contribution in [2.45, 2.75) is 20.1 Å². The highest BCUT2D eigenvalue weighted by molar-refractivity contribution is 5.84. The van der Waals surface area contributed by atoms with Gasteiger partial charge in [-0.3, -0.25) is 0 Å². The van der Waals surface area contributed by atoms with Crippen molar-refractivity contribution in [2.75, 3.05) is 26.7 Å². The van der Waals surface area contributed by atoms with Crippen molar-refractivity contribution in [2.24, 2.45) is 0 Å². The van der Waals surface area contributed by atoms with E-state index in [1.807, 2.05) is 60.7 Å². The molecule has 0 spiro atoms. The van der Waals surface area contributed by atoms with Crippen LogP contribution in [-0.4, -0.2) is 17.3 Å². The number of para-hydroxylation sites is 2. The van der Waals surface area contributed by atoms with Crippen LogP contribution in [0.4, 0.5) is 68.2 Å². The third-order valence-corrected chi connectivity index (χ3v) is 12.7. The van der Waals surface area contributed by atoms with E-state index in [1.54, 1.807) is 7.11 Å². The van der Waals surface area contributed by atoms with Gasteiger partial charge in [0.2, 0.25) is 0 Å². The molecule has 0 radical (unpaired) electrons. The molecule has 0 atom stereocenters. The van der Waals surface area contributed by atoms with Gasteiger partial charge in [-0.15, -0.1) is 0 Å². The zero-order chi connectivity index (χ0) is 48.5. The lowest BCUT2D eigenvalue weighted by molar-refractivity contribution is 0.281. The Kier molecular flexibility index (Phi) is 13.7. The van der Waals surface area contributed by atoms with Crippen LogP contribution >= 0.6 is 0 Å². The van der Waals surface area contributed by atoms with Gasteiger partial charge in [-0.25, -0.2) is 0 Å². The predicted octanol–water partition coefficient (Wildman–Crippen LogP) is 16.5. The standard InChI is InChI=1S/C64H54N4O3/c1-47-13-23-54(24-14-47)67(55-25-15-48(45-69)16-26-55)61-37-33-59(34-38-61)65(52-9-5-3-6-10-52)57-29-19-50(20-30-57)51-21-31-58(32-22-51)66(53-11-7-4-8-12-53)60-35-39-62(40-36-60)68(56-27-17-49(46-70)18-28-56)63-41-43-64(71-2)44-42-63/h3-44,69-70H,45-46H2,1-2H3. The van der Waals surface area contributed by atoms with Crippen molar-refractivity contribution >= 4 is 68.2 Å². The summed E-state index contributed by atoms with van der Waals surface area (Å²) in [5, 5.41) is 19.5. The van der Waals surface area contributed by atoms with E-state index in [2.05, 4.69) is 221 Å². The first kappa shape index (κ1) is 45.9. The van der Waals surface area contributed by atoms with E-state index < -0.39 is 0 Å². The van der Waals surface area contributed by atoms with Gasteiger partial charge in [0, 0.05) is 68.2 Å². The summed E-state index contributed by atoms with van der Waals surface area (Å²) >= 11 is 0. The van der Waals surface area contributed by atoms with Gasteiger partial charge < -0.3 is 34.5 Å². The van der Waals surface area contributed by atoms with Gasteiger partial charge >= 0.3 is 0 Å². The Morgan fingerprint density at radius 1 is 0.282 bits per heavy atom. The molecule has 0 saturated carbocycles. The van der Waals surface area contributed by atoms with Gasteiger partial charge in [0.15, 0.2) is 0 Å². The van der Waals surface area contributed by atoms with Gasteiger partial charge in [0.1, 0.15) is 5.75 Å². The van der Waals surface area contributed by atoms with Crippen LogP contribution in [0.25, 0.3) is 11.1 Å². The van der Waals surface area contributed by atoms with Crippen LogP contribution in [-0.2, 0) is 13.2 Å². The van der Waals surface area contributed by atoms with Crippen molar-refractivity contribution < 1.29 is 14.9 Å². The summed E-state index contributed by atoms with van der Waals surface area (Å²) in [5.74, 6) is 0.791. The molecular weight excluding hydrogens is 873 g/mol. The zero-order valence-electron chi connectivity index (χ0n) is 39.8. The minimum atomic E-state index is -0.00932. The van der Waals surface area contributed by atoms with Crippen LogP contribution in [0.1, 0.15) is 16.7 Å². The number of aliphatic hydroxyl groups excluding tert-OH is 2. The van der Waals surface area contributed by atoms with Crippen LogP contribution in [0.3, 0.4) is 0 Å². The van der Waals surface area contributed by atoms with Gasteiger partial charge in [-0.1, -0.05) is 103 Å². The highest BCUT2D eigenvalue weighted by Gasteiger charge is 2.19. The smallest absolute Gasteiger partial charge is 0.119 e.